The number of ether oxygens (including phenoxy) is 1. The zero-order chi connectivity index (χ0) is 15.2. The predicted molar refractivity (Wildman–Crippen MR) is 85.9 cm³/mol. The molecule has 0 unspecified atom stereocenters. The molecule has 3 N–H and O–H groups in total. The molecular weight excluding hydrogens is 310 g/mol. The zero-order valence-corrected chi connectivity index (χ0v) is 12.4. The van der Waals surface area contributed by atoms with Crippen LogP contribution in [0.2, 0.25) is 5.02 Å². The van der Waals surface area contributed by atoms with Gasteiger partial charge in [0, 0.05) is 18.1 Å². The van der Waals surface area contributed by atoms with E-state index in [1.54, 1.807) is 30.3 Å². The number of carbonyl (C=O) groups excluding carboxylic acids is 1. The summed E-state index contributed by atoms with van der Waals surface area (Å²) in [6.07, 6.45) is 2.93. The number of benzene rings is 1. The molecule has 0 bridgehead atoms. The van der Waals surface area contributed by atoms with Crippen molar-refractivity contribution in [1.82, 2.24) is 4.98 Å². The minimum absolute atomic E-state index is 0.174. The summed E-state index contributed by atoms with van der Waals surface area (Å²) < 4.78 is 5.32. The summed E-state index contributed by atoms with van der Waals surface area (Å²) in [6.45, 7) is 0.174. The van der Waals surface area contributed by atoms with E-state index in [0.717, 1.165) is 0 Å². The molecule has 7 heteroatoms. The van der Waals surface area contributed by atoms with E-state index in [-0.39, 0.29) is 17.5 Å². The summed E-state index contributed by atoms with van der Waals surface area (Å²) in [5.74, 6) is 0.307. The lowest BCUT2D eigenvalue weighted by Crippen LogP contribution is -2.17. The van der Waals surface area contributed by atoms with E-state index in [2.05, 4.69) is 10.3 Å². The summed E-state index contributed by atoms with van der Waals surface area (Å²) in [4.78, 5) is 16.2. The number of halogens is 1. The van der Waals surface area contributed by atoms with Crippen molar-refractivity contribution in [2.45, 2.75) is 0 Å². The van der Waals surface area contributed by atoms with Gasteiger partial charge in [0.25, 0.3) is 5.91 Å². The number of thiocarbonyl (C=S) groups is 1. The quantitative estimate of drug-likeness (QED) is 0.828. The van der Waals surface area contributed by atoms with E-state index in [1.165, 1.54) is 12.4 Å². The van der Waals surface area contributed by atoms with Crippen LogP contribution in [0.25, 0.3) is 0 Å². The second-order valence-electron chi connectivity index (χ2n) is 4.09. The number of anilines is 1. The van der Waals surface area contributed by atoms with Crippen molar-refractivity contribution in [2.75, 3.05) is 11.9 Å². The molecule has 108 valence electrons. The fourth-order valence-corrected chi connectivity index (χ4v) is 1.81. The molecule has 1 heterocycles. The highest BCUT2D eigenvalue weighted by Crippen LogP contribution is 2.18. The Labute approximate surface area is 132 Å². The monoisotopic (exact) mass is 321 g/mol. The molecule has 2 rings (SSSR count). The van der Waals surface area contributed by atoms with Crippen LogP contribution in [0.1, 0.15) is 10.4 Å². The van der Waals surface area contributed by atoms with Crippen molar-refractivity contribution >= 4 is 40.4 Å². The lowest BCUT2D eigenvalue weighted by atomic mass is 10.2. The molecule has 1 amide bonds. The second kappa shape index (κ2) is 7.01. The molecule has 5 nitrogen and oxygen atoms in total. The van der Waals surface area contributed by atoms with Gasteiger partial charge in [-0.3, -0.25) is 9.78 Å². The van der Waals surface area contributed by atoms with Crippen LogP contribution in [0.4, 0.5) is 5.69 Å². The molecule has 1 aromatic carbocycles. The molecule has 0 aliphatic heterocycles. The van der Waals surface area contributed by atoms with Crippen LogP contribution in [-0.4, -0.2) is 22.5 Å². The van der Waals surface area contributed by atoms with Crippen molar-refractivity contribution in [2.24, 2.45) is 5.73 Å². The van der Waals surface area contributed by atoms with Crippen molar-refractivity contribution in [3.63, 3.8) is 0 Å². The van der Waals surface area contributed by atoms with Crippen molar-refractivity contribution in [1.29, 1.82) is 0 Å². The van der Waals surface area contributed by atoms with Gasteiger partial charge < -0.3 is 15.8 Å². The number of nitrogens with two attached hydrogens (primary N) is 1. The number of amides is 1. The lowest BCUT2D eigenvalue weighted by Gasteiger charge is -2.08. The van der Waals surface area contributed by atoms with Gasteiger partial charge in [0.15, 0.2) is 0 Å². The topological polar surface area (TPSA) is 77.2 Å². The first-order valence-corrected chi connectivity index (χ1v) is 6.77. The molecule has 2 aromatic rings. The Balaban J connectivity index is 2.02. The molecule has 0 aliphatic rings. The van der Waals surface area contributed by atoms with Gasteiger partial charge in [-0.2, -0.15) is 0 Å². The highest BCUT2D eigenvalue weighted by Gasteiger charge is 2.10. The van der Waals surface area contributed by atoms with Crippen LogP contribution in [-0.2, 0) is 0 Å². The normalized spacial score (nSPS) is 9.95. The highest BCUT2D eigenvalue weighted by molar-refractivity contribution is 7.80. The average Bonchev–Trinajstić information content (AvgIpc) is 2.47. The Hall–Kier alpha value is -2.18. The highest BCUT2D eigenvalue weighted by atomic mass is 35.5. The maximum Gasteiger partial charge on any atom is 0.257 e. The Kier molecular flexibility index (Phi) is 5.08. The van der Waals surface area contributed by atoms with Gasteiger partial charge in [-0.15, -0.1) is 0 Å². The molecule has 21 heavy (non-hydrogen) atoms. The number of aromatic nitrogens is 1. The number of rotatable bonds is 5. The second-order valence-corrected chi connectivity index (χ2v) is 5.02. The van der Waals surface area contributed by atoms with Gasteiger partial charge in [-0.25, -0.2) is 0 Å². The fraction of sp³-hybridized carbons (Fsp3) is 0.0714. The molecule has 0 saturated heterocycles. The summed E-state index contributed by atoms with van der Waals surface area (Å²) in [5.41, 5.74) is 6.33. The van der Waals surface area contributed by atoms with Gasteiger partial charge in [0.2, 0.25) is 0 Å². The molecule has 0 fully saturated rings. The number of carbonyl (C=O) groups is 1. The smallest absolute Gasteiger partial charge is 0.257 e. The van der Waals surface area contributed by atoms with Gasteiger partial charge in [0.05, 0.1) is 10.6 Å². The van der Waals surface area contributed by atoms with Crippen LogP contribution in [0.5, 0.6) is 5.75 Å². The number of pyridine rings is 1. The maximum absolute atomic E-state index is 12.0. The average molecular weight is 322 g/mol. The first kappa shape index (κ1) is 15.2. The van der Waals surface area contributed by atoms with Crippen LogP contribution in [0.15, 0.2) is 42.7 Å². The molecule has 0 aliphatic carbocycles. The Morgan fingerprint density at radius 2 is 2.05 bits per heavy atom. The largest absolute Gasteiger partial charge is 0.487 e. The third-order valence-electron chi connectivity index (χ3n) is 2.51. The molecule has 1 aromatic heterocycles. The van der Waals surface area contributed by atoms with Gasteiger partial charge >= 0.3 is 0 Å². The standard InChI is InChI=1S/C14H12ClN3O2S/c15-12-7-17-6-5-11(12)14(19)18-9-1-3-10(4-2-9)20-8-13(16)21/h1-7H,8H2,(H2,16,21)(H,18,19). The van der Waals surface area contributed by atoms with E-state index in [1.807, 2.05) is 0 Å². The van der Waals surface area contributed by atoms with Gasteiger partial charge in [0.1, 0.15) is 17.3 Å². The fourth-order valence-electron chi connectivity index (χ4n) is 1.55. The Morgan fingerprint density at radius 3 is 2.67 bits per heavy atom. The maximum atomic E-state index is 12.0. The van der Waals surface area contributed by atoms with Crippen LogP contribution >= 0.6 is 23.8 Å². The molecule has 0 atom stereocenters. The van der Waals surface area contributed by atoms with Crippen molar-refractivity contribution < 1.29 is 9.53 Å². The zero-order valence-electron chi connectivity index (χ0n) is 10.9. The molecule has 0 spiro atoms. The summed E-state index contributed by atoms with van der Waals surface area (Å²) >= 11 is 10.6. The van der Waals surface area contributed by atoms with Crippen LogP contribution in [0, 0.1) is 0 Å². The lowest BCUT2D eigenvalue weighted by molar-refractivity contribution is 0.102. The molecule has 0 saturated carbocycles. The van der Waals surface area contributed by atoms with E-state index in [0.29, 0.717) is 22.0 Å². The van der Waals surface area contributed by atoms with Crippen LogP contribution in [0.3, 0.4) is 0 Å². The number of nitrogens with one attached hydrogen (secondary N) is 1. The Morgan fingerprint density at radius 1 is 1.33 bits per heavy atom. The van der Waals surface area contributed by atoms with Crippen LogP contribution < -0.4 is 15.8 Å². The van der Waals surface area contributed by atoms with Crippen molar-refractivity contribution in [3.05, 3.63) is 53.3 Å². The Bertz CT molecular complexity index is 662. The SMILES string of the molecule is NC(=S)COc1ccc(NC(=O)c2ccncc2Cl)cc1. The third-order valence-corrected chi connectivity index (χ3v) is 2.93. The van der Waals surface area contributed by atoms with E-state index in [4.69, 9.17) is 34.3 Å². The first-order chi connectivity index (χ1) is 10.1. The van der Waals surface area contributed by atoms with Crippen molar-refractivity contribution in [3.8, 4) is 5.75 Å². The minimum atomic E-state index is -0.306. The summed E-state index contributed by atoms with van der Waals surface area (Å²) in [6, 6.07) is 8.39. The number of hydrogen-bond acceptors (Lipinski definition) is 4. The third kappa shape index (κ3) is 4.40. The van der Waals surface area contributed by atoms with Gasteiger partial charge in [-0.1, -0.05) is 23.8 Å². The van der Waals surface area contributed by atoms with E-state index < -0.39 is 0 Å². The molecule has 0 radical (unpaired) electrons. The number of nitrogens with zero attached hydrogens (tertiary/aromatic N) is 1. The minimum Gasteiger partial charge on any atom is -0.487 e. The first-order valence-electron chi connectivity index (χ1n) is 5.98. The predicted octanol–water partition coefficient (Wildman–Crippen LogP) is 2.65. The molecular formula is C14H12ClN3O2S. The number of hydrogen-bond donors (Lipinski definition) is 2. The summed E-state index contributed by atoms with van der Waals surface area (Å²) in [5, 5.41) is 3.03. The van der Waals surface area contributed by atoms with E-state index in [9.17, 15) is 4.79 Å². The van der Waals surface area contributed by atoms with Gasteiger partial charge in [-0.05, 0) is 30.3 Å². The summed E-state index contributed by atoms with van der Waals surface area (Å²) in [7, 11) is 0. The van der Waals surface area contributed by atoms with E-state index >= 15 is 0 Å².